The van der Waals surface area contributed by atoms with Crippen molar-refractivity contribution < 1.29 is 0 Å². The highest BCUT2D eigenvalue weighted by molar-refractivity contribution is 7.43. The zero-order valence-electron chi connectivity index (χ0n) is 5.43. The van der Waals surface area contributed by atoms with Crippen molar-refractivity contribution >= 4 is 8.58 Å². The van der Waals surface area contributed by atoms with E-state index in [1.54, 1.807) is 5.31 Å². The minimum atomic E-state index is 0.952. The van der Waals surface area contributed by atoms with Crippen LogP contribution in [-0.2, 0) is 0 Å². The summed E-state index contributed by atoms with van der Waals surface area (Å²) in [4.78, 5) is 0. The van der Waals surface area contributed by atoms with Crippen LogP contribution in [0.1, 0.15) is 12.8 Å². The van der Waals surface area contributed by atoms with Crippen molar-refractivity contribution in [2.45, 2.75) is 12.8 Å². The van der Waals surface area contributed by atoms with Gasteiger partial charge < -0.3 is 0 Å². The van der Waals surface area contributed by atoms with Crippen molar-refractivity contribution in [2.75, 3.05) is 6.16 Å². The van der Waals surface area contributed by atoms with Crippen molar-refractivity contribution in [3.8, 4) is 0 Å². The Bertz CT molecular complexity index is 167. The summed E-state index contributed by atoms with van der Waals surface area (Å²) in [5.41, 5.74) is 0. The average molecular weight is 138 g/mol. The van der Waals surface area contributed by atoms with E-state index in [2.05, 4.69) is 18.2 Å². The molecule has 2 rings (SSSR count). The zero-order chi connectivity index (χ0) is 6.10. The Morgan fingerprint density at radius 3 is 3.44 bits per heavy atom. The molecule has 9 heavy (non-hydrogen) atoms. The van der Waals surface area contributed by atoms with Gasteiger partial charge in [-0.2, -0.15) is 0 Å². The number of hydrogen-bond acceptors (Lipinski definition) is 0. The normalized spacial score (nSPS) is 34.7. The van der Waals surface area contributed by atoms with Gasteiger partial charge in [-0.25, -0.2) is 0 Å². The van der Waals surface area contributed by atoms with Crippen LogP contribution in [0.3, 0.4) is 0 Å². The van der Waals surface area contributed by atoms with Crippen LogP contribution in [0.25, 0.3) is 0 Å². The molecule has 2 aliphatic rings. The Kier molecular flexibility index (Phi) is 1.43. The first-order valence-corrected chi connectivity index (χ1v) is 4.78. The van der Waals surface area contributed by atoms with Crippen molar-refractivity contribution in [3.63, 3.8) is 0 Å². The van der Waals surface area contributed by atoms with Crippen LogP contribution in [0.4, 0.5) is 0 Å². The Morgan fingerprint density at radius 1 is 1.56 bits per heavy atom. The van der Waals surface area contributed by atoms with Gasteiger partial charge in [0, 0.05) is 0 Å². The predicted octanol–water partition coefficient (Wildman–Crippen LogP) is 2.53. The Morgan fingerprint density at radius 2 is 2.56 bits per heavy atom. The summed E-state index contributed by atoms with van der Waals surface area (Å²) in [7, 11) is 1.15. The molecule has 2 atom stereocenters. The molecular formula is C8H11P. The smallest absolute Gasteiger partial charge is 0.0122 e. The van der Waals surface area contributed by atoms with Crippen LogP contribution in [-0.4, -0.2) is 6.16 Å². The summed E-state index contributed by atoms with van der Waals surface area (Å²) in [5, 5.41) is 1.73. The highest BCUT2D eigenvalue weighted by Crippen LogP contribution is 2.44. The molecule has 0 aromatic rings. The second-order valence-electron chi connectivity index (χ2n) is 2.70. The topological polar surface area (TPSA) is 0 Å². The Hall–Kier alpha value is -0.0900. The highest BCUT2D eigenvalue weighted by atomic mass is 31.1. The lowest BCUT2D eigenvalue weighted by Crippen LogP contribution is -1.95. The molecule has 1 heteroatoms. The fourth-order valence-electron chi connectivity index (χ4n) is 1.54. The molecule has 1 aliphatic carbocycles. The van der Waals surface area contributed by atoms with Crippen LogP contribution in [0.15, 0.2) is 23.5 Å². The lowest BCUT2D eigenvalue weighted by Gasteiger charge is -2.10. The molecule has 48 valence electrons. The van der Waals surface area contributed by atoms with Gasteiger partial charge >= 0.3 is 0 Å². The lowest BCUT2D eigenvalue weighted by atomic mass is 9.98. The summed E-state index contributed by atoms with van der Waals surface area (Å²) < 4.78 is 0. The van der Waals surface area contributed by atoms with Gasteiger partial charge in [0.25, 0.3) is 0 Å². The Labute approximate surface area is 57.8 Å². The number of rotatable bonds is 0. The van der Waals surface area contributed by atoms with Crippen molar-refractivity contribution in [3.05, 3.63) is 23.5 Å². The molecule has 0 aromatic heterocycles. The average Bonchev–Trinajstić information content (AvgIpc) is 2.33. The molecule has 0 saturated carbocycles. The van der Waals surface area contributed by atoms with E-state index in [4.69, 9.17) is 0 Å². The maximum Gasteiger partial charge on any atom is -0.0122 e. The second kappa shape index (κ2) is 2.27. The molecular weight excluding hydrogens is 127 g/mol. The first-order valence-electron chi connectivity index (χ1n) is 3.57. The summed E-state index contributed by atoms with van der Waals surface area (Å²) in [6.45, 7) is 0. The van der Waals surface area contributed by atoms with E-state index in [-0.39, 0.29) is 0 Å². The van der Waals surface area contributed by atoms with E-state index < -0.39 is 0 Å². The van der Waals surface area contributed by atoms with Gasteiger partial charge in [0.1, 0.15) is 0 Å². The van der Waals surface area contributed by atoms with E-state index in [9.17, 15) is 0 Å². The lowest BCUT2D eigenvalue weighted by molar-refractivity contribution is 0.647. The third kappa shape index (κ3) is 0.966. The van der Waals surface area contributed by atoms with E-state index in [1.165, 1.54) is 19.0 Å². The first-order chi connectivity index (χ1) is 4.47. The predicted molar refractivity (Wildman–Crippen MR) is 43.1 cm³/mol. The molecule has 0 N–H and O–H groups in total. The molecule has 0 radical (unpaired) electrons. The number of fused-ring (bicyclic) bond motifs is 1. The van der Waals surface area contributed by atoms with Crippen LogP contribution in [0.2, 0.25) is 0 Å². The summed E-state index contributed by atoms with van der Waals surface area (Å²) in [5.74, 6) is 0.952. The van der Waals surface area contributed by atoms with Crippen LogP contribution >= 0.6 is 8.58 Å². The summed E-state index contributed by atoms with van der Waals surface area (Å²) in [6.07, 6.45) is 11.1. The van der Waals surface area contributed by atoms with Gasteiger partial charge in [-0.1, -0.05) is 26.8 Å². The molecule has 1 aliphatic heterocycles. The third-order valence-electron chi connectivity index (χ3n) is 2.09. The molecule has 0 nitrogen and oxygen atoms in total. The monoisotopic (exact) mass is 138 g/mol. The molecule has 1 fully saturated rings. The Balaban J connectivity index is 2.23. The van der Waals surface area contributed by atoms with Crippen molar-refractivity contribution in [1.29, 1.82) is 0 Å². The summed E-state index contributed by atoms with van der Waals surface area (Å²) in [6, 6.07) is 0. The van der Waals surface area contributed by atoms with Gasteiger partial charge in [-0.05, 0) is 30.2 Å². The minimum Gasteiger partial charge on any atom is -0.0945 e. The molecule has 0 amide bonds. The van der Waals surface area contributed by atoms with E-state index in [0.29, 0.717) is 0 Å². The maximum absolute atomic E-state index is 2.32. The number of hydrogen-bond donors (Lipinski definition) is 0. The maximum atomic E-state index is 2.32. The van der Waals surface area contributed by atoms with Crippen LogP contribution in [0, 0.1) is 5.92 Å². The number of allylic oxidation sites excluding steroid dienone is 4. The largest absolute Gasteiger partial charge is 0.0945 e. The molecule has 0 bridgehead atoms. The quantitative estimate of drug-likeness (QED) is 0.451. The van der Waals surface area contributed by atoms with Crippen LogP contribution in [0.5, 0.6) is 0 Å². The van der Waals surface area contributed by atoms with E-state index in [1.807, 2.05) is 0 Å². The van der Waals surface area contributed by atoms with Gasteiger partial charge in [0.15, 0.2) is 0 Å². The molecule has 1 saturated heterocycles. The van der Waals surface area contributed by atoms with Crippen molar-refractivity contribution in [1.82, 2.24) is 0 Å². The van der Waals surface area contributed by atoms with E-state index in [0.717, 1.165) is 14.5 Å². The standard InChI is InChI=1S/C8H11P/c1-2-4-8-7(3-1)5-6-9-8/h1-2,4,7,9H,3,5-6H2. The fourth-order valence-corrected chi connectivity index (χ4v) is 3.09. The minimum absolute atomic E-state index is 0.952. The molecule has 2 unspecified atom stereocenters. The highest BCUT2D eigenvalue weighted by Gasteiger charge is 2.19. The van der Waals surface area contributed by atoms with Crippen molar-refractivity contribution in [2.24, 2.45) is 5.92 Å². The molecule has 0 aromatic carbocycles. The SMILES string of the molecule is C1=CCC2CCPC2=C1. The van der Waals surface area contributed by atoms with E-state index >= 15 is 0 Å². The first kappa shape index (κ1) is 5.68. The zero-order valence-corrected chi connectivity index (χ0v) is 6.43. The van der Waals surface area contributed by atoms with Gasteiger partial charge in [-0.3, -0.25) is 0 Å². The van der Waals surface area contributed by atoms with Gasteiger partial charge in [-0.15, -0.1) is 0 Å². The fraction of sp³-hybridized carbons (Fsp3) is 0.500. The summed E-state index contributed by atoms with van der Waals surface area (Å²) >= 11 is 0. The van der Waals surface area contributed by atoms with Gasteiger partial charge in [0.05, 0.1) is 0 Å². The second-order valence-corrected chi connectivity index (χ2v) is 4.13. The van der Waals surface area contributed by atoms with Gasteiger partial charge in [0.2, 0.25) is 0 Å². The molecule has 0 spiro atoms. The third-order valence-corrected chi connectivity index (χ3v) is 3.62. The molecule has 1 heterocycles. The van der Waals surface area contributed by atoms with Crippen LogP contribution < -0.4 is 0 Å².